The first kappa shape index (κ1) is 3.88. The van der Waals surface area contributed by atoms with Gasteiger partial charge in [0, 0.05) is 0 Å². The first-order valence-electron chi connectivity index (χ1n) is 2.45. The van der Waals surface area contributed by atoms with E-state index in [1.54, 1.807) is 4.90 Å². The number of amides is 2. The number of fused-ring (bicyclic) bond motifs is 1. The highest BCUT2D eigenvalue weighted by molar-refractivity contribution is 6.09. The highest BCUT2D eigenvalue weighted by atomic mass is 16.2. The fourth-order valence-electron chi connectivity index (χ4n) is 0.881. The van der Waals surface area contributed by atoms with Crippen LogP contribution >= 0.6 is 0 Å². The first-order chi connectivity index (χ1) is 3.79. The quantitative estimate of drug-likeness (QED) is 0.402. The Hall–Kier alpha value is -1.06. The van der Waals surface area contributed by atoms with Crippen molar-refractivity contribution in [2.75, 3.05) is 6.54 Å². The molecule has 4 heteroatoms. The van der Waals surface area contributed by atoms with Crippen molar-refractivity contribution in [2.24, 2.45) is 0 Å². The molecule has 2 heterocycles. The van der Waals surface area contributed by atoms with Gasteiger partial charge in [0.15, 0.2) is 0 Å². The minimum atomic E-state index is -0.111. The Balaban J connectivity index is 2.31. The van der Waals surface area contributed by atoms with E-state index >= 15 is 0 Å². The van der Waals surface area contributed by atoms with Crippen LogP contribution < -0.4 is 5.32 Å². The lowest BCUT2D eigenvalue weighted by Gasteiger charge is -1.90. The van der Waals surface area contributed by atoms with E-state index in [1.807, 2.05) is 0 Å². The predicted octanol–water partition coefficient (Wildman–Crippen LogP) is -0.629. The number of nitrogens with one attached hydrogen (secondary N) is 2. The summed E-state index contributed by atoms with van der Waals surface area (Å²) in [5.41, 5.74) is 0. The van der Waals surface area contributed by atoms with Crippen molar-refractivity contribution < 1.29 is 4.79 Å². The maximum atomic E-state index is 10.5. The van der Waals surface area contributed by atoms with Crippen molar-refractivity contribution in [1.82, 2.24) is 10.2 Å². The molecule has 2 rings (SSSR count). The van der Waals surface area contributed by atoms with Crippen molar-refractivity contribution in [3.8, 4) is 0 Å². The van der Waals surface area contributed by atoms with E-state index in [0.717, 1.165) is 6.54 Å². The number of hydrogen-bond acceptors (Lipinski definition) is 2. The van der Waals surface area contributed by atoms with Crippen LogP contribution in [0.15, 0.2) is 0 Å². The third-order valence-corrected chi connectivity index (χ3v) is 1.45. The van der Waals surface area contributed by atoms with Gasteiger partial charge >= 0.3 is 6.03 Å². The number of carbonyl (C=O) groups excluding carboxylic acids is 1. The van der Waals surface area contributed by atoms with Crippen molar-refractivity contribution in [3.05, 3.63) is 0 Å². The van der Waals surface area contributed by atoms with Crippen LogP contribution in [0.25, 0.3) is 0 Å². The maximum Gasteiger partial charge on any atom is 0.323 e. The normalized spacial score (nSPS) is 32.5. The molecule has 0 aromatic heterocycles. The van der Waals surface area contributed by atoms with Crippen molar-refractivity contribution in [1.29, 1.82) is 5.41 Å². The van der Waals surface area contributed by atoms with E-state index in [0.29, 0.717) is 5.84 Å². The lowest BCUT2D eigenvalue weighted by Crippen LogP contribution is -2.26. The van der Waals surface area contributed by atoms with Crippen LogP contribution in [0.3, 0.4) is 0 Å². The lowest BCUT2D eigenvalue weighted by atomic mass is 10.4. The Bertz CT molecular complexity index is 158. The molecule has 0 aromatic carbocycles. The number of carbonyl (C=O) groups is 1. The summed E-state index contributed by atoms with van der Waals surface area (Å²) in [6.45, 7) is 0.755. The third-order valence-electron chi connectivity index (χ3n) is 1.45. The third kappa shape index (κ3) is 0.267. The Morgan fingerprint density at radius 3 is 2.75 bits per heavy atom. The summed E-state index contributed by atoms with van der Waals surface area (Å²) in [6, 6.07) is 0.00231. The van der Waals surface area contributed by atoms with Gasteiger partial charge in [-0.3, -0.25) is 10.7 Å². The Labute approximate surface area is 46.0 Å². The number of hydrogen-bond donors (Lipinski definition) is 2. The van der Waals surface area contributed by atoms with Crippen LogP contribution in [-0.4, -0.2) is 29.4 Å². The molecule has 2 aliphatic heterocycles. The highest BCUT2D eigenvalue weighted by Gasteiger charge is 2.48. The fraction of sp³-hybridized carbons (Fsp3) is 0.500. The molecule has 1 atom stereocenters. The summed E-state index contributed by atoms with van der Waals surface area (Å²) in [5, 5.41) is 9.44. The number of amidine groups is 1. The lowest BCUT2D eigenvalue weighted by molar-refractivity contribution is 0.236. The predicted molar refractivity (Wildman–Crippen MR) is 26.8 cm³/mol. The van der Waals surface area contributed by atoms with E-state index in [-0.39, 0.29) is 12.1 Å². The Morgan fingerprint density at radius 2 is 2.62 bits per heavy atom. The van der Waals surface area contributed by atoms with Gasteiger partial charge < -0.3 is 4.90 Å². The zero-order valence-electron chi connectivity index (χ0n) is 4.14. The molecule has 2 fully saturated rings. The molecule has 0 aliphatic carbocycles. The summed E-state index contributed by atoms with van der Waals surface area (Å²) in [5.74, 6) is 0.356. The van der Waals surface area contributed by atoms with Gasteiger partial charge in [-0.15, -0.1) is 0 Å². The molecule has 2 aliphatic rings. The molecule has 2 saturated heterocycles. The van der Waals surface area contributed by atoms with Crippen LogP contribution in [-0.2, 0) is 0 Å². The second-order valence-electron chi connectivity index (χ2n) is 2.01. The summed E-state index contributed by atoms with van der Waals surface area (Å²) >= 11 is 0. The zero-order chi connectivity index (χ0) is 5.72. The average Bonchev–Trinajstić information content (AvgIpc) is 2.35. The van der Waals surface area contributed by atoms with Crippen LogP contribution in [0.1, 0.15) is 0 Å². The standard InChI is InChI=1S/C4H5N3O/c5-3-2-1-7(2)4(8)6-3/h2H,1H2,(H2,5,6,8). The van der Waals surface area contributed by atoms with Gasteiger partial charge in [0.1, 0.15) is 11.9 Å². The Morgan fingerprint density at radius 1 is 1.88 bits per heavy atom. The van der Waals surface area contributed by atoms with Crippen molar-refractivity contribution >= 4 is 11.9 Å². The van der Waals surface area contributed by atoms with Crippen molar-refractivity contribution in [2.45, 2.75) is 6.04 Å². The summed E-state index contributed by atoms with van der Waals surface area (Å²) < 4.78 is 0. The fourth-order valence-corrected chi connectivity index (χ4v) is 0.881. The monoisotopic (exact) mass is 111 g/mol. The first-order valence-corrected chi connectivity index (χ1v) is 2.45. The van der Waals surface area contributed by atoms with E-state index in [2.05, 4.69) is 5.32 Å². The van der Waals surface area contributed by atoms with Gasteiger partial charge in [0.25, 0.3) is 0 Å². The van der Waals surface area contributed by atoms with Gasteiger partial charge in [0.2, 0.25) is 0 Å². The SMILES string of the molecule is N=C1NC(=O)N2CC12. The maximum absolute atomic E-state index is 10.5. The highest BCUT2D eigenvalue weighted by Crippen LogP contribution is 2.22. The van der Waals surface area contributed by atoms with Gasteiger partial charge in [-0.2, -0.15) is 0 Å². The molecule has 8 heavy (non-hydrogen) atoms. The molecule has 1 unspecified atom stereocenters. The molecule has 2 N–H and O–H groups in total. The number of nitrogens with zero attached hydrogens (tertiary/aromatic N) is 1. The van der Waals surface area contributed by atoms with E-state index in [4.69, 9.17) is 5.41 Å². The van der Waals surface area contributed by atoms with Crippen LogP contribution in [0.4, 0.5) is 4.79 Å². The number of urea groups is 1. The second kappa shape index (κ2) is 0.866. The largest absolute Gasteiger partial charge is 0.323 e. The molecule has 0 radical (unpaired) electrons. The summed E-state index contributed by atoms with van der Waals surface area (Å²) in [4.78, 5) is 12.1. The van der Waals surface area contributed by atoms with E-state index < -0.39 is 0 Å². The average molecular weight is 111 g/mol. The van der Waals surface area contributed by atoms with Gasteiger partial charge in [0.05, 0.1) is 6.54 Å². The minimum Gasteiger partial charge on any atom is -0.310 e. The van der Waals surface area contributed by atoms with Crippen LogP contribution in [0.2, 0.25) is 0 Å². The van der Waals surface area contributed by atoms with Gasteiger partial charge in [-0.05, 0) is 0 Å². The van der Waals surface area contributed by atoms with Gasteiger partial charge in [-0.25, -0.2) is 4.79 Å². The summed E-state index contributed by atoms with van der Waals surface area (Å²) in [7, 11) is 0. The minimum absolute atomic E-state index is 0.111. The van der Waals surface area contributed by atoms with Crippen molar-refractivity contribution in [3.63, 3.8) is 0 Å². The molecule has 2 amide bonds. The molecular weight excluding hydrogens is 106 g/mol. The number of rotatable bonds is 0. The topological polar surface area (TPSA) is 56.0 Å². The smallest absolute Gasteiger partial charge is 0.310 e. The second-order valence-corrected chi connectivity index (χ2v) is 2.01. The molecule has 42 valence electrons. The molecule has 0 saturated carbocycles. The van der Waals surface area contributed by atoms with E-state index in [9.17, 15) is 4.79 Å². The zero-order valence-corrected chi connectivity index (χ0v) is 4.14. The van der Waals surface area contributed by atoms with Gasteiger partial charge in [-0.1, -0.05) is 0 Å². The molecule has 0 aromatic rings. The van der Waals surface area contributed by atoms with E-state index in [1.165, 1.54) is 0 Å². The Kier molecular flexibility index (Phi) is 0.420. The molecular formula is C4H5N3O. The molecule has 4 nitrogen and oxygen atoms in total. The molecule has 0 bridgehead atoms. The van der Waals surface area contributed by atoms with Crippen LogP contribution in [0.5, 0.6) is 0 Å². The molecule has 0 spiro atoms. The summed E-state index contributed by atoms with van der Waals surface area (Å²) in [6.07, 6.45) is 0. The van der Waals surface area contributed by atoms with Crippen LogP contribution in [0, 0.1) is 5.41 Å².